The van der Waals surface area contributed by atoms with E-state index in [2.05, 4.69) is 40.7 Å². The van der Waals surface area contributed by atoms with Gasteiger partial charge in [-0.3, -0.25) is 0 Å². The summed E-state index contributed by atoms with van der Waals surface area (Å²) in [6.45, 7) is 0. The van der Waals surface area contributed by atoms with Crippen LogP contribution in [-0.2, 0) is 0 Å². The molecule has 0 aliphatic carbocycles. The highest BCUT2D eigenvalue weighted by molar-refractivity contribution is 7.25. The Bertz CT molecular complexity index is 810. The fourth-order valence-corrected chi connectivity index (χ4v) is 3.95. The second-order valence-electron chi connectivity index (χ2n) is 3.74. The Morgan fingerprint density at radius 3 is 2.81 bits per heavy atom. The van der Waals surface area contributed by atoms with Crippen LogP contribution >= 0.6 is 22.7 Å². The Kier molecular flexibility index (Phi) is 1.64. The van der Waals surface area contributed by atoms with Crippen molar-refractivity contribution in [3.8, 4) is 0 Å². The standard InChI is InChI=1S/C13H7NS2/c1-2-4-10-8(3-1)12-9-5-6-15-11(9)7-14-13(12)16-10/h1-7H. The summed E-state index contributed by atoms with van der Waals surface area (Å²) in [7, 11) is 0. The quantitative estimate of drug-likeness (QED) is 0.436. The molecule has 1 nitrogen and oxygen atoms in total. The summed E-state index contributed by atoms with van der Waals surface area (Å²) >= 11 is 3.53. The third kappa shape index (κ3) is 1.02. The molecule has 4 aromatic rings. The molecule has 0 aliphatic rings. The van der Waals surface area contributed by atoms with Crippen LogP contribution in [0.1, 0.15) is 0 Å². The van der Waals surface area contributed by atoms with Crippen molar-refractivity contribution < 1.29 is 0 Å². The second kappa shape index (κ2) is 3.03. The van der Waals surface area contributed by atoms with Gasteiger partial charge >= 0.3 is 0 Å². The first-order valence-electron chi connectivity index (χ1n) is 5.07. The molecule has 0 unspecified atom stereocenters. The van der Waals surface area contributed by atoms with Crippen LogP contribution in [0, 0.1) is 0 Å². The molecule has 0 fully saturated rings. The van der Waals surface area contributed by atoms with E-state index in [1.165, 1.54) is 25.6 Å². The molecule has 3 heterocycles. The highest BCUT2D eigenvalue weighted by Crippen LogP contribution is 2.38. The van der Waals surface area contributed by atoms with E-state index in [0.29, 0.717) is 0 Å². The zero-order valence-electron chi connectivity index (χ0n) is 8.31. The van der Waals surface area contributed by atoms with Gasteiger partial charge < -0.3 is 0 Å². The molecule has 0 atom stereocenters. The largest absolute Gasteiger partial charge is 0.244 e. The summed E-state index contributed by atoms with van der Waals surface area (Å²) in [6.07, 6.45) is 1.98. The maximum Gasteiger partial charge on any atom is 0.125 e. The SMILES string of the molecule is c1ccc2c(c1)sc1ncc3sccc3c12. The lowest BCUT2D eigenvalue weighted by molar-refractivity contribution is 1.50. The van der Waals surface area contributed by atoms with E-state index in [-0.39, 0.29) is 0 Å². The number of pyridine rings is 1. The van der Waals surface area contributed by atoms with Gasteiger partial charge in [0.2, 0.25) is 0 Å². The molecular weight excluding hydrogens is 234 g/mol. The molecule has 0 saturated carbocycles. The van der Waals surface area contributed by atoms with Gasteiger partial charge in [0.15, 0.2) is 0 Å². The van der Waals surface area contributed by atoms with Gasteiger partial charge in [0.1, 0.15) is 4.83 Å². The number of aromatic nitrogens is 1. The number of benzene rings is 1. The molecule has 3 aromatic heterocycles. The van der Waals surface area contributed by atoms with Crippen LogP contribution < -0.4 is 0 Å². The van der Waals surface area contributed by atoms with Crippen molar-refractivity contribution in [3.05, 3.63) is 41.9 Å². The van der Waals surface area contributed by atoms with Crippen molar-refractivity contribution in [1.82, 2.24) is 4.98 Å². The number of rotatable bonds is 0. The average molecular weight is 241 g/mol. The highest BCUT2D eigenvalue weighted by atomic mass is 32.1. The normalized spacial score (nSPS) is 11.8. The van der Waals surface area contributed by atoms with Gasteiger partial charge in [0, 0.05) is 27.1 Å². The zero-order chi connectivity index (χ0) is 10.5. The lowest BCUT2D eigenvalue weighted by atomic mass is 10.1. The zero-order valence-corrected chi connectivity index (χ0v) is 9.94. The Hall–Kier alpha value is -1.45. The predicted octanol–water partition coefficient (Wildman–Crippen LogP) is 4.66. The molecule has 0 spiro atoms. The molecule has 3 heteroatoms. The predicted molar refractivity (Wildman–Crippen MR) is 72.5 cm³/mol. The molecule has 0 amide bonds. The average Bonchev–Trinajstić information content (AvgIpc) is 2.91. The number of nitrogens with zero attached hydrogens (tertiary/aromatic N) is 1. The molecule has 1 aromatic carbocycles. The van der Waals surface area contributed by atoms with Crippen molar-refractivity contribution in [2.24, 2.45) is 0 Å². The lowest BCUT2D eigenvalue weighted by Crippen LogP contribution is -1.71. The van der Waals surface area contributed by atoms with E-state index in [4.69, 9.17) is 0 Å². The van der Waals surface area contributed by atoms with Crippen LogP contribution in [0.4, 0.5) is 0 Å². The van der Waals surface area contributed by atoms with Crippen LogP contribution in [0.15, 0.2) is 41.9 Å². The Balaban J connectivity index is 2.42. The minimum atomic E-state index is 1.15. The summed E-state index contributed by atoms with van der Waals surface area (Å²) in [5.74, 6) is 0. The van der Waals surface area contributed by atoms with E-state index in [1.807, 2.05) is 6.20 Å². The van der Waals surface area contributed by atoms with Gasteiger partial charge in [-0.05, 0) is 17.5 Å². The summed E-state index contributed by atoms with van der Waals surface area (Å²) < 4.78 is 2.60. The van der Waals surface area contributed by atoms with Gasteiger partial charge in [-0.1, -0.05) is 18.2 Å². The van der Waals surface area contributed by atoms with Gasteiger partial charge in [-0.15, -0.1) is 22.7 Å². The molecule has 0 saturated heterocycles. The lowest BCUT2D eigenvalue weighted by Gasteiger charge is -1.93. The third-order valence-corrected chi connectivity index (χ3v) is 4.77. The topological polar surface area (TPSA) is 12.9 Å². The van der Waals surface area contributed by atoms with Crippen molar-refractivity contribution in [2.75, 3.05) is 0 Å². The van der Waals surface area contributed by atoms with Gasteiger partial charge in [0.25, 0.3) is 0 Å². The molecule has 0 bridgehead atoms. The van der Waals surface area contributed by atoms with Gasteiger partial charge in [-0.2, -0.15) is 0 Å². The van der Waals surface area contributed by atoms with Gasteiger partial charge in [-0.25, -0.2) is 4.98 Å². The Morgan fingerprint density at radius 1 is 0.938 bits per heavy atom. The van der Waals surface area contributed by atoms with Crippen molar-refractivity contribution in [3.63, 3.8) is 0 Å². The molecular formula is C13H7NS2. The van der Waals surface area contributed by atoms with Gasteiger partial charge in [0.05, 0.1) is 4.70 Å². The Labute approximate surface area is 100.0 Å². The first kappa shape index (κ1) is 8.67. The van der Waals surface area contributed by atoms with E-state index in [0.717, 1.165) is 4.83 Å². The van der Waals surface area contributed by atoms with Crippen molar-refractivity contribution >= 4 is 53.1 Å². The van der Waals surface area contributed by atoms with Crippen LogP contribution in [0.2, 0.25) is 0 Å². The maximum atomic E-state index is 4.55. The van der Waals surface area contributed by atoms with E-state index >= 15 is 0 Å². The Morgan fingerprint density at radius 2 is 1.81 bits per heavy atom. The summed E-state index contributed by atoms with van der Waals surface area (Å²) in [6, 6.07) is 10.7. The first-order chi connectivity index (χ1) is 7.93. The van der Waals surface area contributed by atoms with Crippen LogP contribution in [0.25, 0.3) is 30.4 Å². The number of thiophene rings is 2. The highest BCUT2D eigenvalue weighted by Gasteiger charge is 2.09. The smallest absolute Gasteiger partial charge is 0.125 e. The maximum absolute atomic E-state index is 4.55. The van der Waals surface area contributed by atoms with E-state index < -0.39 is 0 Å². The van der Waals surface area contributed by atoms with Crippen LogP contribution in [0.3, 0.4) is 0 Å². The molecule has 4 rings (SSSR count). The van der Waals surface area contributed by atoms with Crippen LogP contribution in [-0.4, -0.2) is 4.98 Å². The molecule has 0 radical (unpaired) electrons. The summed E-state index contributed by atoms with van der Waals surface area (Å²) in [4.78, 5) is 5.69. The minimum Gasteiger partial charge on any atom is -0.244 e. The third-order valence-electron chi connectivity index (χ3n) is 2.84. The minimum absolute atomic E-state index is 1.15. The van der Waals surface area contributed by atoms with Crippen molar-refractivity contribution in [1.29, 1.82) is 0 Å². The number of fused-ring (bicyclic) bond motifs is 5. The number of hydrogen-bond donors (Lipinski definition) is 0. The molecule has 16 heavy (non-hydrogen) atoms. The van der Waals surface area contributed by atoms with Crippen molar-refractivity contribution in [2.45, 2.75) is 0 Å². The summed E-state index contributed by atoms with van der Waals surface area (Å²) in [5.41, 5.74) is 0. The molecule has 76 valence electrons. The van der Waals surface area contributed by atoms with Crippen LogP contribution in [0.5, 0.6) is 0 Å². The van der Waals surface area contributed by atoms with E-state index in [1.54, 1.807) is 22.7 Å². The first-order valence-corrected chi connectivity index (χ1v) is 6.76. The number of hydrogen-bond acceptors (Lipinski definition) is 3. The second-order valence-corrected chi connectivity index (χ2v) is 5.71. The molecule has 0 N–H and O–H groups in total. The summed E-state index contributed by atoms with van der Waals surface area (Å²) in [5, 5.41) is 6.13. The van der Waals surface area contributed by atoms with E-state index in [9.17, 15) is 0 Å². The fraction of sp³-hybridized carbons (Fsp3) is 0. The molecule has 0 aliphatic heterocycles. The fourth-order valence-electron chi connectivity index (χ4n) is 2.13. The monoisotopic (exact) mass is 241 g/mol.